The number of hydrogen-bond acceptors (Lipinski definition) is 8. The largest absolute Gasteiger partial charge is 0.481 e. The highest BCUT2D eigenvalue weighted by atomic mass is 16.5. The zero-order chi connectivity index (χ0) is 40.2. The lowest BCUT2D eigenvalue weighted by Gasteiger charge is -2.64. The molecule has 56 heavy (non-hydrogen) atoms. The van der Waals surface area contributed by atoms with Crippen molar-refractivity contribution in [2.75, 3.05) is 5.32 Å². The van der Waals surface area contributed by atoms with Gasteiger partial charge in [0, 0.05) is 23.9 Å². The molecule has 0 spiro atoms. The zero-order valence-electron chi connectivity index (χ0n) is 33.8. The number of aromatic nitrogens is 1. The highest BCUT2D eigenvalue weighted by molar-refractivity contribution is 6.06. The third kappa shape index (κ3) is 7.34. The van der Waals surface area contributed by atoms with Crippen LogP contribution >= 0.6 is 0 Å². The fourth-order valence-electron chi connectivity index (χ4n) is 11.9. The monoisotopic (exact) mass is 764 g/mol. The van der Waals surface area contributed by atoms with Gasteiger partial charge in [-0.05, 0) is 142 Å². The number of nitrogens with zero attached hydrogens (tertiary/aromatic N) is 1. The second-order valence-corrected chi connectivity index (χ2v) is 18.5. The van der Waals surface area contributed by atoms with E-state index in [4.69, 9.17) is 4.74 Å². The number of fused-ring (bicyclic) bond motifs is 6. The van der Waals surface area contributed by atoms with E-state index in [-0.39, 0.29) is 58.9 Å². The average molecular weight is 765 g/mol. The van der Waals surface area contributed by atoms with Crippen molar-refractivity contribution in [1.82, 2.24) is 4.98 Å². The van der Waals surface area contributed by atoms with Crippen LogP contribution in [0.5, 0.6) is 0 Å². The SMILES string of the molecule is Cc1nc2ccccc2c(NCc2ccc(C#C[C@@]3(O)CCC4(C)C(CC(O)C5C4CC(O)C4(C)C5CC[C@@H]4C(C)CCC(=O)O)C3)cc2)c1C(=O)OC(C)C. The molecule has 1 heterocycles. The summed E-state index contributed by atoms with van der Waals surface area (Å²) in [5.41, 5.74) is 2.70. The van der Waals surface area contributed by atoms with Crippen molar-refractivity contribution in [2.45, 2.75) is 130 Å². The van der Waals surface area contributed by atoms with Crippen molar-refractivity contribution in [3.63, 3.8) is 0 Å². The number of anilines is 1. The summed E-state index contributed by atoms with van der Waals surface area (Å²) in [6.45, 7) is 12.6. The summed E-state index contributed by atoms with van der Waals surface area (Å²) >= 11 is 0. The first-order chi connectivity index (χ1) is 26.5. The molecular formula is C47H60N2O7. The molecule has 0 amide bonds. The van der Waals surface area contributed by atoms with E-state index in [0.29, 0.717) is 55.6 Å². The molecule has 300 valence electrons. The van der Waals surface area contributed by atoms with Gasteiger partial charge in [0.2, 0.25) is 0 Å². The molecule has 1 aromatic heterocycles. The maximum absolute atomic E-state index is 13.2. The number of aryl methyl sites for hydroxylation is 1. The lowest BCUT2D eigenvalue weighted by Crippen LogP contribution is -2.63. The Hall–Kier alpha value is -3.97. The predicted molar refractivity (Wildman–Crippen MR) is 217 cm³/mol. The van der Waals surface area contributed by atoms with Crippen LogP contribution in [0.4, 0.5) is 5.69 Å². The number of pyridine rings is 1. The van der Waals surface area contributed by atoms with Crippen LogP contribution in [0.25, 0.3) is 10.9 Å². The molecule has 4 aliphatic rings. The first-order valence-corrected chi connectivity index (χ1v) is 20.8. The Morgan fingerprint density at radius 1 is 1.00 bits per heavy atom. The van der Waals surface area contributed by atoms with Gasteiger partial charge in [0.1, 0.15) is 11.2 Å². The minimum absolute atomic E-state index is 0.0825. The Balaban J connectivity index is 1.03. The van der Waals surface area contributed by atoms with E-state index >= 15 is 0 Å². The van der Waals surface area contributed by atoms with Gasteiger partial charge in [0.05, 0.1) is 35.2 Å². The number of carboxylic acid groups (broad SMARTS) is 1. The van der Waals surface area contributed by atoms with E-state index in [0.717, 1.165) is 41.3 Å². The van der Waals surface area contributed by atoms with Gasteiger partial charge in [0.25, 0.3) is 0 Å². The van der Waals surface area contributed by atoms with Crippen LogP contribution in [0.15, 0.2) is 48.5 Å². The second-order valence-electron chi connectivity index (χ2n) is 18.5. The molecule has 0 saturated heterocycles. The van der Waals surface area contributed by atoms with Gasteiger partial charge < -0.3 is 30.5 Å². The summed E-state index contributed by atoms with van der Waals surface area (Å²) in [5, 5.41) is 49.3. The predicted octanol–water partition coefficient (Wildman–Crippen LogP) is 7.90. The van der Waals surface area contributed by atoms with E-state index in [1.165, 1.54) is 0 Å². The van der Waals surface area contributed by atoms with E-state index < -0.39 is 29.7 Å². The molecule has 4 fully saturated rings. The van der Waals surface area contributed by atoms with Gasteiger partial charge >= 0.3 is 11.9 Å². The number of benzene rings is 2. The van der Waals surface area contributed by atoms with E-state index in [2.05, 4.69) is 42.9 Å². The normalized spacial score (nSPS) is 34.1. The highest BCUT2D eigenvalue weighted by Gasteiger charge is 2.66. The molecule has 9 unspecified atom stereocenters. The molecule has 2 aromatic carbocycles. The van der Waals surface area contributed by atoms with Crippen molar-refractivity contribution in [3.05, 3.63) is 70.9 Å². The third-order valence-corrected chi connectivity index (χ3v) is 14.9. The van der Waals surface area contributed by atoms with Gasteiger partial charge in [-0.3, -0.25) is 9.78 Å². The van der Waals surface area contributed by atoms with E-state index in [9.17, 15) is 30.0 Å². The summed E-state index contributed by atoms with van der Waals surface area (Å²) in [5.74, 6) is 6.25. The Morgan fingerprint density at radius 3 is 2.45 bits per heavy atom. The number of rotatable bonds is 9. The van der Waals surface area contributed by atoms with Gasteiger partial charge in [-0.2, -0.15) is 0 Å². The molecule has 0 radical (unpaired) electrons. The first kappa shape index (κ1) is 40.2. The maximum Gasteiger partial charge on any atom is 0.342 e. The number of carboxylic acids is 1. The second kappa shape index (κ2) is 15.4. The Labute approximate surface area is 331 Å². The third-order valence-electron chi connectivity index (χ3n) is 14.9. The van der Waals surface area contributed by atoms with Gasteiger partial charge in [0.15, 0.2) is 0 Å². The Morgan fingerprint density at radius 2 is 1.73 bits per heavy atom. The molecule has 4 aliphatic carbocycles. The van der Waals surface area contributed by atoms with Crippen LogP contribution in [-0.4, -0.2) is 61.3 Å². The summed E-state index contributed by atoms with van der Waals surface area (Å²) in [6.07, 6.45) is 4.45. The molecule has 4 saturated carbocycles. The van der Waals surface area contributed by atoms with Crippen LogP contribution in [0.1, 0.15) is 120 Å². The molecule has 9 heteroatoms. The van der Waals surface area contributed by atoms with Gasteiger partial charge in [-0.15, -0.1) is 0 Å². The fourth-order valence-corrected chi connectivity index (χ4v) is 11.9. The maximum atomic E-state index is 13.2. The van der Waals surface area contributed by atoms with Crippen molar-refractivity contribution in [3.8, 4) is 11.8 Å². The van der Waals surface area contributed by atoms with Crippen LogP contribution in [0.2, 0.25) is 0 Å². The molecule has 11 atom stereocenters. The highest BCUT2D eigenvalue weighted by Crippen LogP contribution is 2.69. The number of nitrogens with one attached hydrogen (secondary N) is 1. The summed E-state index contributed by atoms with van der Waals surface area (Å²) in [6, 6.07) is 15.7. The molecule has 0 bridgehead atoms. The summed E-state index contributed by atoms with van der Waals surface area (Å²) in [7, 11) is 0. The number of aliphatic hydroxyl groups is 3. The number of carbonyl (C=O) groups is 2. The van der Waals surface area contributed by atoms with Crippen LogP contribution in [0, 0.1) is 65.1 Å². The summed E-state index contributed by atoms with van der Waals surface area (Å²) < 4.78 is 5.58. The molecule has 3 aromatic rings. The number of para-hydroxylation sites is 1. The van der Waals surface area contributed by atoms with Crippen LogP contribution in [0.3, 0.4) is 0 Å². The smallest absolute Gasteiger partial charge is 0.342 e. The number of aliphatic carboxylic acids is 1. The summed E-state index contributed by atoms with van der Waals surface area (Å²) in [4.78, 5) is 29.2. The number of carbonyl (C=O) groups excluding carboxylic acids is 1. The van der Waals surface area contributed by atoms with Crippen molar-refractivity contribution in [1.29, 1.82) is 0 Å². The van der Waals surface area contributed by atoms with E-state index in [1.54, 1.807) is 0 Å². The van der Waals surface area contributed by atoms with Crippen LogP contribution in [-0.2, 0) is 16.1 Å². The molecule has 5 N–H and O–H groups in total. The Kier molecular flexibility index (Phi) is 11.1. The molecule has 7 rings (SSSR count). The van der Waals surface area contributed by atoms with Crippen molar-refractivity contribution < 1.29 is 34.8 Å². The number of esters is 1. The Bertz CT molecular complexity index is 2020. The number of hydrogen-bond donors (Lipinski definition) is 5. The lowest BCUT2D eigenvalue weighted by atomic mass is 9.42. The minimum Gasteiger partial charge on any atom is -0.481 e. The number of ether oxygens (including phenoxy) is 1. The average Bonchev–Trinajstić information content (AvgIpc) is 3.51. The van der Waals surface area contributed by atoms with Crippen molar-refractivity contribution >= 4 is 28.5 Å². The zero-order valence-corrected chi connectivity index (χ0v) is 33.8. The quantitative estimate of drug-likeness (QED) is 0.108. The minimum atomic E-state index is -1.17. The van der Waals surface area contributed by atoms with Gasteiger partial charge in [-0.1, -0.05) is 62.9 Å². The standard InChI is InChI=1S/C47H60N2O7/c1-27(2)56-44(54)41-29(4)49-37-10-8-7-9-33(37)43(41)48-26-31-14-12-30(13-15-31)19-20-47(55)22-21-45(5)32(25-47)23-38(50)42-35-17-16-34(28(3)11-18-40(52)53)46(35,6)39(51)24-36(42)45/h7-10,12-15,27-28,32,34-36,38-39,42,50-51,55H,11,16-18,21-26H2,1-6H3,(H,48,49)(H,52,53)/t28?,32?,34-,35?,36?,38?,39?,42?,45?,46?,47-/m1/s1. The van der Waals surface area contributed by atoms with Crippen molar-refractivity contribution in [2.24, 2.45) is 46.3 Å². The first-order valence-electron chi connectivity index (χ1n) is 20.8. The molecule has 0 aliphatic heterocycles. The molecular weight excluding hydrogens is 705 g/mol. The molecule has 9 nitrogen and oxygen atoms in total. The van der Waals surface area contributed by atoms with Gasteiger partial charge in [-0.25, -0.2) is 4.79 Å². The van der Waals surface area contributed by atoms with Crippen LogP contribution < -0.4 is 5.32 Å². The topological polar surface area (TPSA) is 149 Å². The fraction of sp³-hybridized carbons (Fsp3) is 0.596. The lowest BCUT2D eigenvalue weighted by molar-refractivity contribution is -0.211. The van der Waals surface area contributed by atoms with E-state index in [1.807, 2.05) is 69.3 Å². The number of aliphatic hydroxyl groups excluding tert-OH is 2.